The number of pyridine rings is 1. The van der Waals surface area contributed by atoms with E-state index in [1.165, 1.54) is 17.8 Å². The van der Waals surface area contributed by atoms with Crippen LogP contribution in [0.25, 0.3) is 0 Å². The molecular weight excluding hydrogens is 319 g/mol. The monoisotopic (exact) mass is 340 g/mol. The molecule has 2 aromatic rings. The lowest BCUT2D eigenvalue weighted by Crippen LogP contribution is -2.45. The van der Waals surface area contributed by atoms with E-state index in [9.17, 15) is 9.18 Å². The molecule has 1 aromatic heterocycles. The van der Waals surface area contributed by atoms with Crippen molar-refractivity contribution in [1.29, 1.82) is 0 Å². The van der Waals surface area contributed by atoms with Gasteiger partial charge in [0.05, 0.1) is 6.20 Å². The fraction of sp³-hybridized carbons (Fsp3) is 0.400. The Bertz CT molecular complexity index is 729. The second kappa shape index (κ2) is 6.92. The lowest BCUT2D eigenvalue weighted by Gasteiger charge is -2.33. The van der Waals surface area contributed by atoms with Gasteiger partial charge in [0.2, 0.25) is 5.91 Å². The summed E-state index contributed by atoms with van der Waals surface area (Å²) in [5.41, 5.74) is 1.21. The molecule has 2 heterocycles. The highest BCUT2D eigenvalue weighted by molar-refractivity contribution is 5.97. The first kappa shape index (κ1) is 16.2. The molecule has 0 spiro atoms. The van der Waals surface area contributed by atoms with Gasteiger partial charge in [-0.15, -0.1) is 0 Å². The lowest BCUT2D eigenvalue weighted by molar-refractivity contribution is -0.120. The van der Waals surface area contributed by atoms with Gasteiger partial charge in [-0.1, -0.05) is 30.3 Å². The molecule has 4 nitrogen and oxygen atoms in total. The van der Waals surface area contributed by atoms with Crippen LogP contribution in [0.1, 0.15) is 30.7 Å². The summed E-state index contributed by atoms with van der Waals surface area (Å²) in [6.45, 7) is 1.28. The van der Waals surface area contributed by atoms with Crippen molar-refractivity contribution < 1.29 is 13.9 Å². The third kappa shape index (κ3) is 3.42. The molecule has 1 saturated carbocycles. The molecule has 2 fully saturated rings. The zero-order valence-electron chi connectivity index (χ0n) is 14.0. The highest BCUT2D eigenvalue weighted by Crippen LogP contribution is 2.49. The number of benzene rings is 1. The van der Waals surface area contributed by atoms with E-state index in [1.807, 2.05) is 18.2 Å². The van der Waals surface area contributed by atoms with Crippen LogP contribution in [0.5, 0.6) is 0 Å². The molecular formula is C20H21FN2O2. The minimum Gasteiger partial charge on any atom is -0.381 e. The SMILES string of the molecule is O=C([C@@H]1C[C@@H]1c1ccccc1)N(c1ccc(F)cn1)C1CCOCC1. The van der Waals surface area contributed by atoms with Gasteiger partial charge >= 0.3 is 0 Å². The predicted molar refractivity (Wildman–Crippen MR) is 92.8 cm³/mol. The Morgan fingerprint density at radius 1 is 1.12 bits per heavy atom. The van der Waals surface area contributed by atoms with Crippen LogP contribution in [-0.4, -0.2) is 30.1 Å². The van der Waals surface area contributed by atoms with Gasteiger partial charge in [-0.05, 0) is 42.9 Å². The highest BCUT2D eigenvalue weighted by atomic mass is 19.1. The average molecular weight is 340 g/mol. The van der Waals surface area contributed by atoms with Crippen molar-refractivity contribution in [3.63, 3.8) is 0 Å². The van der Waals surface area contributed by atoms with Crippen molar-refractivity contribution in [2.75, 3.05) is 18.1 Å². The zero-order chi connectivity index (χ0) is 17.2. The van der Waals surface area contributed by atoms with Crippen molar-refractivity contribution in [1.82, 2.24) is 4.98 Å². The van der Waals surface area contributed by atoms with Crippen molar-refractivity contribution in [2.24, 2.45) is 5.92 Å². The molecule has 1 aliphatic carbocycles. The van der Waals surface area contributed by atoms with Gasteiger partial charge in [0.25, 0.3) is 0 Å². The smallest absolute Gasteiger partial charge is 0.232 e. The van der Waals surface area contributed by atoms with E-state index in [2.05, 4.69) is 17.1 Å². The number of anilines is 1. The van der Waals surface area contributed by atoms with Crippen LogP contribution in [-0.2, 0) is 9.53 Å². The Balaban J connectivity index is 1.57. The Morgan fingerprint density at radius 2 is 1.88 bits per heavy atom. The molecule has 1 saturated heterocycles. The summed E-state index contributed by atoms with van der Waals surface area (Å²) >= 11 is 0. The van der Waals surface area contributed by atoms with E-state index in [-0.39, 0.29) is 23.8 Å². The van der Waals surface area contributed by atoms with Crippen molar-refractivity contribution in [3.8, 4) is 0 Å². The van der Waals surface area contributed by atoms with Crippen LogP contribution in [0.15, 0.2) is 48.7 Å². The summed E-state index contributed by atoms with van der Waals surface area (Å²) in [6, 6.07) is 13.2. The number of carbonyl (C=O) groups is 1. The summed E-state index contributed by atoms with van der Waals surface area (Å²) in [7, 11) is 0. The van der Waals surface area contributed by atoms with Crippen LogP contribution in [0.4, 0.5) is 10.2 Å². The molecule has 2 aliphatic rings. The summed E-state index contributed by atoms with van der Waals surface area (Å²) in [6.07, 6.45) is 3.61. The maximum Gasteiger partial charge on any atom is 0.232 e. The van der Waals surface area contributed by atoms with Crippen LogP contribution in [0, 0.1) is 11.7 Å². The van der Waals surface area contributed by atoms with E-state index in [4.69, 9.17) is 4.74 Å². The molecule has 25 heavy (non-hydrogen) atoms. The molecule has 0 unspecified atom stereocenters. The number of hydrogen-bond acceptors (Lipinski definition) is 3. The number of carbonyl (C=O) groups excluding carboxylic acids is 1. The lowest BCUT2D eigenvalue weighted by atomic mass is 10.0. The van der Waals surface area contributed by atoms with Gasteiger partial charge in [-0.3, -0.25) is 9.69 Å². The zero-order valence-corrected chi connectivity index (χ0v) is 14.0. The average Bonchev–Trinajstić information content (AvgIpc) is 3.46. The molecule has 0 N–H and O–H groups in total. The third-order valence-electron chi connectivity index (χ3n) is 5.09. The van der Waals surface area contributed by atoms with Crippen LogP contribution < -0.4 is 4.90 Å². The maximum absolute atomic E-state index is 13.3. The Morgan fingerprint density at radius 3 is 2.56 bits per heavy atom. The first-order chi connectivity index (χ1) is 12.2. The number of halogens is 1. The first-order valence-corrected chi connectivity index (χ1v) is 8.81. The minimum atomic E-state index is -0.392. The minimum absolute atomic E-state index is 0.0166. The molecule has 1 aromatic carbocycles. The number of amides is 1. The van der Waals surface area contributed by atoms with E-state index in [0.717, 1.165) is 19.3 Å². The quantitative estimate of drug-likeness (QED) is 0.855. The maximum atomic E-state index is 13.3. The number of hydrogen-bond donors (Lipinski definition) is 0. The Labute approximate surface area is 146 Å². The van der Waals surface area contributed by atoms with E-state index < -0.39 is 5.82 Å². The Hall–Kier alpha value is -2.27. The topological polar surface area (TPSA) is 42.4 Å². The van der Waals surface area contributed by atoms with Gasteiger partial charge in [0.15, 0.2) is 0 Å². The number of ether oxygens (including phenoxy) is 1. The fourth-order valence-electron chi connectivity index (χ4n) is 3.65. The molecule has 2 atom stereocenters. The number of nitrogens with zero attached hydrogens (tertiary/aromatic N) is 2. The predicted octanol–water partition coefficient (Wildman–Crippen LogP) is 3.54. The van der Waals surface area contributed by atoms with Crippen LogP contribution >= 0.6 is 0 Å². The van der Waals surface area contributed by atoms with Gasteiger partial charge in [0.1, 0.15) is 11.6 Å². The summed E-state index contributed by atoms with van der Waals surface area (Å²) in [5, 5.41) is 0. The van der Waals surface area contributed by atoms with Gasteiger partial charge in [-0.25, -0.2) is 9.37 Å². The van der Waals surface area contributed by atoms with E-state index in [0.29, 0.717) is 19.0 Å². The molecule has 130 valence electrons. The van der Waals surface area contributed by atoms with Gasteiger partial charge < -0.3 is 4.74 Å². The second-order valence-corrected chi connectivity index (χ2v) is 6.75. The fourth-order valence-corrected chi connectivity index (χ4v) is 3.65. The van der Waals surface area contributed by atoms with Crippen LogP contribution in [0.3, 0.4) is 0 Å². The van der Waals surface area contributed by atoms with Crippen molar-refractivity contribution in [3.05, 3.63) is 60.0 Å². The number of rotatable bonds is 4. The summed E-state index contributed by atoms with van der Waals surface area (Å²) in [4.78, 5) is 19.2. The molecule has 1 aliphatic heterocycles. The first-order valence-electron chi connectivity index (χ1n) is 8.81. The van der Waals surface area contributed by atoms with E-state index >= 15 is 0 Å². The highest BCUT2D eigenvalue weighted by Gasteiger charge is 2.47. The number of aromatic nitrogens is 1. The van der Waals surface area contributed by atoms with Gasteiger partial charge in [0, 0.05) is 25.2 Å². The molecule has 5 heteroatoms. The van der Waals surface area contributed by atoms with E-state index in [1.54, 1.807) is 11.0 Å². The summed E-state index contributed by atoms with van der Waals surface area (Å²) < 4.78 is 18.7. The molecule has 0 radical (unpaired) electrons. The Kier molecular flexibility index (Phi) is 4.49. The molecule has 4 rings (SSSR count). The van der Waals surface area contributed by atoms with Crippen molar-refractivity contribution >= 4 is 11.7 Å². The molecule has 1 amide bonds. The van der Waals surface area contributed by atoms with Crippen LogP contribution in [0.2, 0.25) is 0 Å². The third-order valence-corrected chi connectivity index (χ3v) is 5.09. The normalized spacial score (nSPS) is 23.2. The second-order valence-electron chi connectivity index (χ2n) is 6.75. The van der Waals surface area contributed by atoms with Gasteiger partial charge in [-0.2, -0.15) is 0 Å². The standard InChI is InChI=1S/C20H21FN2O2/c21-15-6-7-19(22-13-15)23(16-8-10-25-11-9-16)20(24)18-12-17(18)14-4-2-1-3-5-14/h1-7,13,16-18H,8-12H2/t17-,18-/m1/s1. The molecule has 0 bridgehead atoms. The summed E-state index contributed by atoms with van der Waals surface area (Å²) in [5.74, 6) is 0.502. The van der Waals surface area contributed by atoms with Crippen molar-refractivity contribution in [2.45, 2.75) is 31.2 Å². The largest absolute Gasteiger partial charge is 0.381 e.